The van der Waals surface area contributed by atoms with Crippen LogP contribution in [0, 0.1) is 0 Å². The Morgan fingerprint density at radius 3 is 1.76 bits per heavy atom. The monoisotopic (exact) mass is 803 g/mol. The van der Waals surface area contributed by atoms with Crippen molar-refractivity contribution < 1.29 is 57.0 Å². The maximum atomic E-state index is 13.0. The molecule has 1 heterocycles. The molecular formula is C41H73NO12S. The Morgan fingerprint density at radius 1 is 0.727 bits per heavy atom. The number of allylic oxidation sites excluding steroid dienone is 7. The van der Waals surface area contributed by atoms with Gasteiger partial charge in [0.2, 0.25) is 5.91 Å². The van der Waals surface area contributed by atoms with Crippen molar-refractivity contribution in [2.75, 3.05) is 13.2 Å². The second-order valence-corrected chi connectivity index (χ2v) is 15.4. The topological polar surface area (TPSA) is 212 Å². The van der Waals surface area contributed by atoms with Gasteiger partial charge in [-0.25, -0.2) is 4.18 Å². The summed E-state index contributed by atoms with van der Waals surface area (Å²) in [6.07, 6.45) is 25.3. The number of hydrogen-bond donors (Lipinski definition) is 7. The van der Waals surface area contributed by atoms with Gasteiger partial charge in [0.15, 0.2) is 6.29 Å². The quantitative estimate of drug-likeness (QED) is 0.0235. The summed E-state index contributed by atoms with van der Waals surface area (Å²) in [6, 6.07) is -1.16. The number of hydrogen-bond acceptors (Lipinski definition) is 11. The van der Waals surface area contributed by atoms with Gasteiger partial charge in [-0.3, -0.25) is 9.35 Å². The molecule has 0 bridgehead atoms. The highest BCUT2D eigenvalue weighted by atomic mass is 32.3. The minimum Gasteiger partial charge on any atom is -0.394 e. The second-order valence-electron chi connectivity index (χ2n) is 14.3. The van der Waals surface area contributed by atoms with Crippen LogP contribution in [0.3, 0.4) is 0 Å². The molecule has 14 heteroatoms. The molecule has 0 aromatic carbocycles. The van der Waals surface area contributed by atoms with Crippen LogP contribution in [0.15, 0.2) is 48.6 Å². The fourth-order valence-electron chi connectivity index (χ4n) is 6.08. The lowest BCUT2D eigenvalue weighted by Crippen LogP contribution is -2.61. The van der Waals surface area contributed by atoms with Crippen LogP contribution in [0.1, 0.15) is 142 Å². The lowest BCUT2D eigenvalue weighted by molar-refractivity contribution is -0.298. The predicted molar refractivity (Wildman–Crippen MR) is 214 cm³/mol. The third-order valence-corrected chi connectivity index (χ3v) is 9.89. The number of carbonyl (C=O) groups excluding carboxylic acids is 1. The van der Waals surface area contributed by atoms with Crippen LogP contribution in [0.2, 0.25) is 0 Å². The average Bonchev–Trinajstić information content (AvgIpc) is 3.15. The van der Waals surface area contributed by atoms with E-state index in [2.05, 4.69) is 47.7 Å². The van der Waals surface area contributed by atoms with Gasteiger partial charge in [-0.2, -0.15) is 8.42 Å². The van der Waals surface area contributed by atoms with E-state index in [1.165, 1.54) is 63.9 Å². The van der Waals surface area contributed by atoms with E-state index in [1.807, 2.05) is 12.2 Å². The number of nitrogens with one attached hydrogen (secondary N) is 1. The lowest BCUT2D eigenvalue weighted by Gasteiger charge is -2.41. The van der Waals surface area contributed by atoms with E-state index in [9.17, 15) is 38.7 Å². The molecule has 0 aromatic rings. The van der Waals surface area contributed by atoms with Crippen molar-refractivity contribution in [1.82, 2.24) is 5.32 Å². The minimum absolute atomic E-state index is 0.146. The van der Waals surface area contributed by atoms with Crippen LogP contribution in [-0.4, -0.2) is 107 Å². The van der Waals surface area contributed by atoms with Crippen molar-refractivity contribution in [3.63, 3.8) is 0 Å². The molecule has 55 heavy (non-hydrogen) atoms. The molecule has 1 aliphatic rings. The number of aliphatic hydroxyl groups is 5. The molecular weight excluding hydrogens is 731 g/mol. The standard InChI is InChI=1S/C41H73NO12S/c1-3-5-7-9-11-13-14-15-16-17-18-19-20-21-22-24-25-27-29-34(44)33(42-40(48)35(45)30-28-26-23-12-10-8-6-4-2)32-52-41-38(47)39(54-55(49,50)51)37(46)36(31-43)53-41/h17-18,21-23,26-27,29,33-39,41,43-47H,3-16,19-20,24-25,28,30-32H2,1-2H3,(H,42,48)(H,49,50,51)/b18-17+,22-21+,26-23-,29-27+. The number of ether oxygens (including phenoxy) is 2. The van der Waals surface area contributed by atoms with Gasteiger partial charge in [-0.1, -0.05) is 127 Å². The summed E-state index contributed by atoms with van der Waals surface area (Å²) >= 11 is 0. The van der Waals surface area contributed by atoms with Crippen molar-refractivity contribution >= 4 is 16.3 Å². The van der Waals surface area contributed by atoms with E-state index in [1.54, 1.807) is 6.08 Å². The highest BCUT2D eigenvalue weighted by molar-refractivity contribution is 7.80. The van der Waals surface area contributed by atoms with Crippen LogP contribution >= 0.6 is 0 Å². The average molecular weight is 804 g/mol. The molecule has 0 spiro atoms. The van der Waals surface area contributed by atoms with Gasteiger partial charge in [0.25, 0.3) is 0 Å². The first-order valence-electron chi connectivity index (χ1n) is 20.6. The van der Waals surface area contributed by atoms with Gasteiger partial charge in [0.05, 0.1) is 25.4 Å². The van der Waals surface area contributed by atoms with Gasteiger partial charge in [0.1, 0.15) is 30.5 Å². The van der Waals surface area contributed by atoms with E-state index in [0.717, 1.165) is 51.4 Å². The van der Waals surface area contributed by atoms with Gasteiger partial charge < -0.3 is 40.3 Å². The summed E-state index contributed by atoms with van der Waals surface area (Å²) in [5, 5.41) is 54.7. The van der Waals surface area contributed by atoms with E-state index in [4.69, 9.17) is 14.0 Å². The highest BCUT2D eigenvalue weighted by Crippen LogP contribution is 2.26. The normalized spacial score (nSPS) is 22.7. The number of rotatable bonds is 33. The van der Waals surface area contributed by atoms with Crippen molar-refractivity contribution in [3.05, 3.63) is 48.6 Å². The first-order chi connectivity index (χ1) is 26.4. The molecule has 1 fully saturated rings. The Bertz CT molecular complexity index is 1190. The zero-order valence-electron chi connectivity index (χ0n) is 33.3. The minimum atomic E-state index is -5.12. The Labute approximate surface area is 330 Å². The number of carbonyl (C=O) groups is 1. The van der Waals surface area contributed by atoms with Crippen molar-refractivity contribution in [3.8, 4) is 0 Å². The van der Waals surface area contributed by atoms with Gasteiger partial charge in [0, 0.05) is 0 Å². The van der Waals surface area contributed by atoms with E-state index < -0.39 is 78.5 Å². The molecule has 0 radical (unpaired) electrons. The summed E-state index contributed by atoms with van der Waals surface area (Å²) in [7, 11) is -5.12. The van der Waals surface area contributed by atoms with Crippen LogP contribution in [0.4, 0.5) is 0 Å². The molecule has 0 aliphatic carbocycles. The SMILES string of the molecule is CCCCCC/C=C\CCC(O)C(=O)NC(COC1OC(CO)C(O)C(OS(=O)(=O)O)C1O)C(O)/C=C/CC/C=C/CC/C=C/CCCCCCCCCC. The third-order valence-electron chi connectivity index (χ3n) is 9.43. The largest absolute Gasteiger partial charge is 0.397 e. The van der Waals surface area contributed by atoms with Crippen molar-refractivity contribution in [2.24, 2.45) is 0 Å². The third kappa shape index (κ3) is 25.1. The Balaban J connectivity index is 2.70. The summed E-state index contributed by atoms with van der Waals surface area (Å²) in [4.78, 5) is 13.0. The molecule has 1 amide bonds. The fraction of sp³-hybridized carbons (Fsp3) is 0.780. The smallest absolute Gasteiger partial charge is 0.394 e. The lowest BCUT2D eigenvalue weighted by atomic mass is 9.99. The number of unbranched alkanes of at least 4 members (excludes halogenated alkanes) is 14. The maximum Gasteiger partial charge on any atom is 0.397 e. The molecule has 8 atom stereocenters. The number of amides is 1. The summed E-state index contributed by atoms with van der Waals surface area (Å²) in [5.41, 5.74) is 0. The van der Waals surface area contributed by atoms with Gasteiger partial charge >= 0.3 is 10.4 Å². The predicted octanol–water partition coefficient (Wildman–Crippen LogP) is 5.90. The van der Waals surface area contributed by atoms with Crippen LogP contribution in [0.25, 0.3) is 0 Å². The van der Waals surface area contributed by atoms with E-state index in [0.29, 0.717) is 12.8 Å². The molecule has 0 aromatic heterocycles. The first-order valence-corrected chi connectivity index (χ1v) is 22.0. The second kappa shape index (κ2) is 32.0. The molecule has 7 N–H and O–H groups in total. The molecule has 320 valence electrons. The highest BCUT2D eigenvalue weighted by Gasteiger charge is 2.48. The van der Waals surface area contributed by atoms with Crippen LogP contribution < -0.4 is 5.32 Å². The van der Waals surface area contributed by atoms with Crippen LogP contribution in [0.5, 0.6) is 0 Å². The molecule has 8 unspecified atom stereocenters. The van der Waals surface area contributed by atoms with Gasteiger partial charge in [-0.05, 0) is 64.2 Å². The van der Waals surface area contributed by atoms with Crippen molar-refractivity contribution in [1.29, 1.82) is 0 Å². The zero-order chi connectivity index (χ0) is 40.7. The van der Waals surface area contributed by atoms with Crippen molar-refractivity contribution in [2.45, 2.75) is 191 Å². The summed E-state index contributed by atoms with van der Waals surface area (Å²) in [6.45, 7) is 3.08. The molecule has 0 saturated carbocycles. The fourth-order valence-corrected chi connectivity index (χ4v) is 6.59. The molecule has 1 aliphatic heterocycles. The zero-order valence-corrected chi connectivity index (χ0v) is 34.2. The Kier molecular flexibility index (Phi) is 29.7. The van der Waals surface area contributed by atoms with Gasteiger partial charge in [-0.15, -0.1) is 0 Å². The first kappa shape index (κ1) is 51.0. The van der Waals surface area contributed by atoms with E-state index >= 15 is 0 Å². The summed E-state index contributed by atoms with van der Waals surface area (Å²) in [5.74, 6) is -0.756. The molecule has 1 rings (SSSR count). The van der Waals surface area contributed by atoms with E-state index in [-0.39, 0.29) is 6.42 Å². The molecule has 1 saturated heterocycles. The Morgan fingerprint density at radius 2 is 1.22 bits per heavy atom. The maximum absolute atomic E-state index is 13.0. The van der Waals surface area contributed by atoms with Crippen LogP contribution in [-0.2, 0) is 28.9 Å². The number of aliphatic hydroxyl groups excluding tert-OH is 5. The summed E-state index contributed by atoms with van der Waals surface area (Å²) < 4.78 is 47.2. The Hall–Kier alpha value is -1.98. The molecule has 13 nitrogen and oxygen atoms in total.